The van der Waals surface area contributed by atoms with Crippen LogP contribution in [0.4, 0.5) is 4.79 Å². The van der Waals surface area contributed by atoms with Gasteiger partial charge >= 0.3 is 6.09 Å². The van der Waals surface area contributed by atoms with Crippen LogP contribution in [0.15, 0.2) is 0 Å². The third-order valence-corrected chi connectivity index (χ3v) is 2.22. The minimum atomic E-state index is -0.540. The van der Waals surface area contributed by atoms with E-state index in [4.69, 9.17) is 4.74 Å². The van der Waals surface area contributed by atoms with Crippen molar-refractivity contribution in [1.82, 2.24) is 9.19 Å². The fourth-order valence-corrected chi connectivity index (χ4v) is 1.32. The third-order valence-electron chi connectivity index (χ3n) is 1.48. The van der Waals surface area contributed by atoms with Gasteiger partial charge in [-0.1, -0.05) is 0 Å². The van der Waals surface area contributed by atoms with E-state index in [1.54, 1.807) is 20.8 Å². The molecular weight excluding hydrogens is 204 g/mol. The molecular formula is C8H16N2O3S. The predicted octanol–water partition coefficient (Wildman–Crippen LogP) is 1.93. The van der Waals surface area contributed by atoms with Gasteiger partial charge in [0.15, 0.2) is 0 Å². The summed E-state index contributed by atoms with van der Waals surface area (Å²) in [5.41, 5.74) is -0.509. The molecule has 2 N–H and O–H groups in total. The monoisotopic (exact) mass is 220 g/mol. The minimum Gasteiger partial charge on any atom is -0.443 e. The van der Waals surface area contributed by atoms with Crippen LogP contribution in [0.5, 0.6) is 0 Å². The predicted molar refractivity (Wildman–Crippen MR) is 53.6 cm³/mol. The second-order valence-corrected chi connectivity index (χ2v) is 4.99. The number of carbonyl (C=O) groups excluding carboxylic acids is 1. The van der Waals surface area contributed by atoms with E-state index in [1.165, 1.54) is 0 Å². The molecule has 5 nitrogen and oxygen atoms in total. The molecule has 1 amide bonds. The first-order chi connectivity index (χ1) is 6.38. The molecule has 0 unspecified atom stereocenters. The van der Waals surface area contributed by atoms with Gasteiger partial charge in [0.2, 0.25) is 0 Å². The molecule has 0 spiro atoms. The summed E-state index contributed by atoms with van der Waals surface area (Å²) in [6.45, 7) is 5.36. The van der Waals surface area contributed by atoms with Crippen molar-refractivity contribution in [1.29, 1.82) is 0 Å². The standard InChI is InChI=1S/C8H16N2O3S/c1-8(2,3)13-7(11)9-14-10(12)6-4-5-6/h6,12H,4-5H2,1-3H3,(H,9,11). The summed E-state index contributed by atoms with van der Waals surface area (Å²) < 4.78 is 8.42. The maximum absolute atomic E-state index is 11.1. The van der Waals surface area contributed by atoms with Gasteiger partial charge < -0.3 is 9.94 Å². The number of rotatable bonds is 3. The minimum absolute atomic E-state index is 0.176. The Kier molecular flexibility index (Phi) is 3.63. The van der Waals surface area contributed by atoms with Crippen molar-refractivity contribution in [3.63, 3.8) is 0 Å². The Morgan fingerprint density at radius 3 is 2.57 bits per heavy atom. The zero-order valence-electron chi connectivity index (χ0n) is 8.61. The van der Waals surface area contributed by atoms with Crippen LogP contribution in [-0.4, -0.2) is 27.4 Å². The summed E-state index contributed by atoms with van der Waals surface area (Å²) in [6, 6.07) is 0.176. The smallest absolute Gasteiger partial charge is 0.418 e. The van der Waals surface area contributed by atoms with Crippen molar-refractivity contribution in [2.24, 2.45) is 0 Å². The SMILES string of the molecule is CC(C)(C)OC(=O)NSN(O)C1CC1. The van der Waals surface area contributed by atoms with Gasteiger partial charge in [-0.3, -0.25) is 0 Å². The normalized spacial score (nSPS) is 16.9. The summed E-state index contributed by atoms with van der Waals surface area (Å²) in [7, 11) is 0. The van der Waals surface area contributed by atoms with Crippen LogP contribution in [0.1, 0.15) is 33.6 Å². The number of nitrogens with zero attached hydrogens (tertiary/aromatic N) is 1. The number of hydrogen-bond acceptors (Lipinski definition) is 5. The first-order valence-electron chi connectivity index (χ1n) is 4.52. The molecule has 0 saturated heterocycles. The molecule has 1 saturated carbocycles. The highest BCUT2D eigenvalue weighted by molar-refractivity contribution is 7.95. The van der Waals surface area contributed by atoms with Gasteiger partial charge in [0.25, 0.3) is 0 Å². The maximum atomic E-state index is 11.1. The molecule has 14 heavy (non-hydrogen) atoms. The average molecular weight is 220 g/mol. The first-order valence-corrected chi connectivity index (χ1v) is 5.30. The van der Waals surface area contributed by atoms with Crippen LogP contribution in [0, 0.1) is 0 Å². The molecule has 1 aliphatic rings. The number of hydroxylamine groups is 1. The molecule has 0 radical (unpaired) electrons. The zero-order chi connectivity index (χ0) is 10.8. The molecule has 0 atom stereocenters. The van der Waals surface area contributed by atoms with Crippen molar-refractivity contribution in [2.75, 3.05) is 0 Å². The van der Waals surface area contributed by atoms with Gasteiger partial charge in [-0.05, 0) is 33.6 Å². The number of amides is 1. The highest BCUT2D eigenvalue weighted by Gasteiger charge is 2.29. The topological polar surface area (TPSA) is 61.8 Å². The van der Waals surface area contributed by atoms with E-state index in [0.29, 0.717) is 0 Å². The van der Waals surface area contributed by atoms with Gasteiger partial charge in [0.05, 0.1) is 12.1 Å². The fraction of sp³-hybridized carbons (Fsp3) is 0.875. The summed E-state index contributed by atoms with van der Waals surface area (Å²) in [5, 5.41) is 9.26. The fourth-order valence-electron chi connectivity index (χ4n) is 0.753. The van der Waals surface area contributed by atoms with E-state index < -0.39 is 11.7 Å². The van der Waals surface area contributed by atoms with Crippen LogP contribution in [0.25, 0.3) is 0 Å². The van der Waals surface area contributed by atoms with Crippen molar-refractivity contribution in [3.05, 3.63) is 0 Å². The van der Waals surface area contributed by atoms with E-state index in [1.807, 2.05) is 0 Å². The Morgan fingerprint density at radius 2 is 2.14 bits per heavy atom. The van der Waals surface area contributed by atoms with E-state index >= 15 is 0 Å². The van der Waals surface area contributed by atoms with E-state index in [2.05, 4.69) is 4.72 Å². The molecule has 6 heteroatoms. The lowest BCUT2D eigenvalue weighted by atomic mass is 10.2. The third kappa shape index (κ3) is 4.69. The summed E-state index contributed by atoms with van der Waals surface area (Å²) in [5.74, 6) is 0. The van der Waals surface area contributed by atoms with E-state index in [-0.39, 0.29) is 6.04 Å². The van der Waals surface area contributed by atoms with Gasteiger partial charge in [-0.25, -0.2) is 9.52 Å². The van der Waals surface area contributed by atoms with Gasteiger partial charge in [0.1, 0.15) is 5.60 Å². The van der Waals surface area contributed by atoms with Crippen LogP contribution < -0.4 is 4.72 Å². The van der Waals surface area contributed by atoms with Gasteiger partial charge in [-0.15, -0.1) is 4.47 Å². The molecule has 0 aliphatic heterocycles. The Morgan fingerprint density at radius 1 is 1.57 bits per heavy atom. The quantitative estimate of drug-likeness (QED) is 0.562. The zero-order valence-corrected chi connectivity index (χ0v) is 9.43. The molecule has 82 valence electrons. The Labute approximate surface area is 88.0 Å². The molecule has 0 aromatic carbocycles. The lowest BCUT2D eigenvalue weighted by Crippen LogP contribution is -2.31. The van der Waals surface area contributed by atoms with E-state index in [0.717, 1.165) is 29.4 Å². The van der Waals surface area contributed by atoms with Crippen molar-refractivity contribution in [2.45, 2.75) is 45.3 Å². The van der Waals surface area contributed by atoms with Crippen molar-refractivity contribution >= 4 is 18.2 Å². The number of carbonyl (C=O) groups is 1. The average Bonchev–Trinajstić information content (AvgIpc) is 2.78. The highest BCUT2D eigenvalue weighted by Crippen LogP contribution is 2.28. The Balaban J connectivity index is 2.14. The Bertz CT molecular complexity index is 213. The van der Waals surface area contributed by atoms with Crippen LogP contribution >= 0.6 is 12.1 Å². The van der Waals surface area contributed by atoms with Crippen LogP contribution in [-0.2, 0) is 4.74 Å². The Hall–Kier alpha value is -0.460. The van der Waals surface area contributed by atoms with Crippen LogP contribution in [0.2, 0.25) is 0 Å². The van der Waals surface area contributed by atoms with Crippen LogP contribution in [0.3, 0.4) is 0 Å². The summed E-state index contributed by atoms with van der Waals surface area (Å²) in [4.78, 5) is 11.1. The second kappa shape index (κ2) is 4.37. The van der Waals surface area contributed by atoms with Crippen molar-refractivity contribution < 1.29 is 14.7 Å². The summed E-state index contributed by atoms with van der Waals surface area (Å²) in [6.07, 6.45) is 1.40. The second-order valence-electron chi connectivity index (χ2n) is 4.23. The molecule has 0 heterocycles. The highest BCUT2D eigenvalue weighted by atomic mass is 32.2. The number of hydrogen-bond donors (Lipinski definition) is 2. The van der Waals surface area contributed by atoms with Gasteiger partial charge in [-0.2, -0.15) is 0 Å². The van der Waals surface area contributed by atoms with E-state index in [9.17, 15) is 10.0 Å². The van der Waals surface area contributed by atoms with Gasteiger partial charge in [0, 0.05) is 6.04 Å². The first kappa shape index (κ1) is 11.6. The number of ether oxygens (including phenoxy) is 1. The lowest BCUT2D eigenvalue weighted by Gasteiger charge is -2.20. The van der Waals surface area contributed by atoms with Crippen molar-refractivity contribution in [3.8, 4) is 0 Å². The molecule has 1 rings (SSSR count). The molecule has 1 aliphatic carbocycles. The largest absolute Gasteiger partial charge is 0.443 e. The summed E-state index contributed by atoms with van der Waals surface area (Å²) >= 11 is 0.860. The molecule has 0 bridgehead atoms. The molecule has 0 aromatic rings. The lowest BCUT2D eigenvalue weighted by molar-refractivity contribution is 0.00656. The molecule has 1 fully saturated rings. The molecule has 0 aromatic heterocycles. The maximum Gasteiger partial charge on any atom is 0.418 e. The number of nitrogens with one attached hydrogen (secondary N) is 1.